The Kier molecular flexibility index (Phi) is 4.14. The van der Waals surface area contributed by atoms with Gasteiger partial charge >= 0.3 is 0 Å². The number of benzene rings is 1. The second-order valence-electron chi connectivity index (χ2n) is 3.71. The fraction of sp³-hybridized carbons (Fsp3) is 0.417. The van der Waals surface area contributed by atoms with Gasteiger partial charge in [0.2, 0.25) is 0 Å². The highest BCUT2D eigenvalue weighted by Crippen LogP contribution is 2.16. The van der Waals surface area contributed by atoms with Gasteiger partial charge in [0.1, 0.15) is 6.07 Å². The van der Waals surface area contributed by atoms with Gasteiger partial charge in [0.25, 0.3) is 0 Å². The maximum absolute atomic E-state index is 8.91. The van der Waals surface area contributed by atoms with E-state index >= 15 is 0 Å². The number of hydrogen-bond donors (Lipinski definition) is 2. The summed E-state index contributed by atoms with van der Waals surface area (Å²) in [6, 6.07) is 8.03. The van der Waals surface area contributed by atoms with Crippen molar-refractivity contribution < 1.29 is 0 Å². The van der Waals surface area contributed by atoms with Gasteiger partial charge in [0.05, 0.1) is 11.3 Å². The van der Waals surface area contributed by atoms with Crippen molar-refractivity contribution in [3.63, 3.8) is 0 Å². The molecule has 1 atom stereocenters. The van der Waals surface area contributed by atoms with Crippen LogP contribution in [0.4, 0.5) is 5.69 Å². The number of nitrogens with zero attached hydrogens (tertiary/aromatic N) is 1. The van der Waals surface area contributed by atoms with E-state index in [-0.39, 0.29) is 6.04 Å². The molecule has 1 rings (SSSR count). The highest BCUT2D eigenvalue weighted by Gasteiger charge is 2.03. The molecule has 0 amide bonds. The SMILES string of the molecule is CCC(N)CNc1cc(C)ccc1C#N. The largest absolute Gasteiger partial charge is 0.382 e. The second-order valence-corrected chi connectivity index (χ2v) is 3.71. The Morgan fingerprint density at radius 2 is 2.27 bits per heavy atom. The Morgan fingerprint density at radius 3 is 2.87 bits per heavy atom. The van der Waals surface area contributed by atoms with Gasteiger partial charge < -0.3 is 11.1 Å². The molecule has 1 aromatic carbocycles. The molecule has 3 heteroatoms. The van der Waals surface area contributed by atoms with E-state index < -0.39 is 0 Å². The normalized spacial score (nSPS) is 11.9. The van der Waals surface area contributed by atoms with Crippen molar-refractivity contribution >= 4 is 5.69 Å². The molecule has 0 bridgehead atoms. The Labute approximate surface area is 90.9 Å². The quantitative estimate of drug-likeness (QED) is 0.787. The summed E-state index contributed by atoms with van der Waals surface area (Å²) in [4.78, 5) is 0. The summed E-state index contributed by atoms with van der Waals surface area (Å²) < 4.78 is 0. The summed E-state index contributed by atoms with van der Waals surface area (Å²) in [7, 11) is 0. The molecule has 3 N–H and O–H groups in total. The zero-order chi connectivity index (χ0) is 11.3. The van der Waals surface area contributed by atoms with Crippen molar-refractivity contribution in [3.8, 4) is 6.07 Å². The average Bonchev–Trinajstić information content (AvgIpc) is 2.26. The number of nitrogens with two attached hydrogens (primary N) is 1. The van der Waals surface area contributed by atoms with Gasteiger partial charge in [-0.3, -0.25) is 0 Å². The number of hydrogen-bond acceptors (Lipinski definition) is 3. The van der Waals surface area contributed by atoms with Crippen LogP contribution in [-0.2, 0) is 0 Å². The van der Waals surface area contributed by atoms with Gasteiger partial charge in [-0.1, -0.05) is 13.0 Å². The predicted octanol–water partition coefficient (Wildman–Crippen LogP) is 2.02. The molecule has 0 aliphatic heterocycles. The molecule has 0 aromatic heterocycles. The van der Waals surface area contributed by atoms with Gasteiger partial charge in [0.15, 0.2) is 0 Å². The monoisotopic (exact) mass is 203 g/mol. The van der Waals surface area contributed by atoms with Gasteiger partial charge in [0, 0.05) is 12.6 Å². The van der Waals surface area contributed by atoms with E-state index in [0.717, 1.165) is 17.7 Å². The first-order valence-corrected chi connectivity index (χ1v) is 5.17. The van der Waals surface area contributed by atoms with E-state index in [0.29, 0.717) is 12.1 Å². The molecule has 80 valence electrons. The van der Waals surface area contributed by atoms with Crippen LogP contribution in [-0.4, -0.2) is 12.6 Å². The van der Waals surface area contributed by atoms with Crippen molar-refractivity contribution in [2.45, 2.75) is 26.3 Å². The minimum Gasteiger partial charge on any atom is -0.382 e. The van der Waals surface area contributed by atoms with Gasteiger partial charge in [-0.25, -0.2) is 0 Å². The van der Waals surface area contributed by atoms with Crippen LogP contribution in [0.1, 0.15) is 24.5 Å². The van der Waals surface area contributed by atoms with Gasteiger partial charge in [-0.05, 0) is 31.0 Å². The summed E-state index contributed by atoms with van der Waals surface area (Å²) in [5.74, 6) is 0. The molecule has 1 unspecified atom stereocenters. The molecule has 15 heavy (non-hydrogen) atoms. The van der Waals surface area contributed by atoms with E-state index in [2.05, 4.69) is 11.4 Å². The van der Waals surface area contributed by atoms with Crippen LogP contribution in [0, 0.1) is 18.3 Å². The predicted molar refractivity (Wildman–Crippen MR) is 62.7 cm³/mol. The molecule has 0 saturated carbocycles. The van der Waals surface area contributed by atoms with Crippen LogP contribution >= 0.6 is 0 Å². The van der Waals surface area contributed by atoms with Crippen LogP contribution in [0.2, 0.25) is 0 Å². The van der Waals surface area contributed by atoms with Crippen LogP contribution in [0.3, 0.4) is 0 Å². The summed E-state index contributed by atoms with van der Waals surface area (Å²) in [6.45, 7) is 4.76. The molecule has 0 heterocycles. The van der Waals surface area contributed by atoms with E-state index in [9.17, 15) is 0 Å². The average molecular weight is 203 g/mol. The zero-order valence-electron chi connectivity index (χ0n) is 9.25. The van der Waals surface area contributed by atoms with Crippen molar-refractivity contribution in [2.24, 2.45) is 5.73 Å². The molecule has 0 saturated heterocycles. The molecule has 0 spiro atoms. The summed E-state index contributed by atoms with van der Waals surface area (Å²) >= 11 is 0. The molecule has 3 nitrogen and oxygen atoms in total. The summed E-state index contributed by atoms with van der Waals surface area (Å²) in [5.41, 5.74) is 8.49. The molecule has 0 radical (unpaired) electrons. The number of nitrogens with one attached hydrogen (secondary N) is 1. The molecular formula is C12H17N3. The lowest BCUT2D eigenvalue weighted by molar-refractivity contribution is 0.679. The van der Waals surface area contributed by atoms with E-state index in [1.165, 1.54) is 0 Å². The fourth-order valence-electron chi connectivity index (χ4n) is 1.29. The Balaban J connectivity index is 2.75. The van der Waals surface area contributed by atoms with Crippen molar-refractivity contribution in [1.29, 1.82) is 5.26 Å². The van der Waals surface area contributed by atoms with E-state index in [1.54, 1.807) is 0 Å². The lowest BCUT2D eigenvalue weighted by Gasteiger charge is -2.13. The highest BCUT2D eigenvalue weighted by atomic mass is 14.9. The molecular weight excluding hydrogens is 186 g/mol. The number of anilines is 1. The van der Waals surface area contributed by atoms with Crippen molar-refractivity contribution in [1.82, 2.24) is 0 Å². The standard InChI is InChI=1S/C12H17N3/c1-3-11(14)8-15-12-6-9(2)4-5-10(12)7-13/h4-6,11,15H,3,8,14H2,1-2H3. The molecule has 0 aliphatic carbocycles. The third kappa shape index (κ3) is 3.26. The fourth-order valence-corrected chi connectivity index (χ4v) is 1.29. The Morgan fingerprint density at radius 1 is 1.53 bits per heavy atom. The van der Waals surface area contributed by atoms with Crippen LogP contribution in [0.5, 0.6) is 0 Å². The van der Waals surface area contributed by atoms with Crippen molar-refractivity contribution in [3.05, 3.63) is 29.3 Å². The Hall–Kier alpha value is -1.53. The second kappa shape index (κ2) is 5.38. The third-order valence-corrected chi connectivity index (χ3v) is 2.37. The first kappa shape index (κ1) is 11.5. The summed E-state index contributed by atoms with van der Waals surface area (Å²) in [6.07, 6.45) is 0.931. The summed E-state index contributed by atoms with van der Waals surface area (Å²) in [5, 5.41) is 12.1. The maximum atomic E-state index is 8.91. The third-order valence-electron chi connectivity index (χ3n) is 2.37. The molecule has 1 aromatic rings. The maximum Gasteiger partial charge on any atom is 0.101 e. The van der Waals surface area contributed by atoms with Crippen LogP contribution < -0.4 is 11.1 Å². The van der Waals surface area contributed by atoms with Crippen LogP contribution in [0.15, 0.2) is 18.2 Å². The number of rotatable bonds is 4. The van der Waals surface area contributed by atoms with Gasteiger partial charge in [-0.2, -0.15) is 5.26 Å². The number of nitriles is 1. The van der Waals surface area contributed by atoms with Crippen molar-refractivity contribution in [2.75, 3.05) is 11.9 Å². The van der Waals surface area contributed by atoms with Gasteiger partial charge in [-0.15, -0.1) is 0 Å². The first-order chi connectivity index (χ1) is 7.17. The molecule has 0 aliphatic rings. The highest BCUT2D eigenvalue weighted by molar-refractivity contribution is 5.58. The minimum absolute atomic E-state index is 0.136. The topological polar surface area (TPSA) is 61.8 Å². The van der Waals surface area contributed by atoms with Crippen LogP contribution in [0.25, 0.3) is 0 Å². The zero-order valence-corrected chi connectivity index (χ0v) is 9.25. The minimum atomic E-state index is 0.136. The Bertz CT molecular complexity index is 366. The smallest absolute Gasteiger partial charge is 0.101 e. The van der Waals surface area contributed by atoms with E-state index in [4.69, 9.17) is 11.0 Å². The lowest BCUT2D eigenvalue weighted by atomic mass is 10.1. The lowest BCUT2D eigenvalue weighted by Crippen LogP contribution is -2.28. The number of aryl methyl sites for hydroxylation is 1. The first-order valence-electron chi connectivity index (χ1n) is 5.17. The molecule has 0 fully saturated rings. The van der Waals surface area contributed by atoms with E-state index in [1.807, 2.05) is 32.0 Å².